The maximum Gasteiger partial charge on any atom is 0.139 e. The number of hydrogen-bond donors (Lipinski definition) is 0. The molecular formula is C58H53NO2. The van der Waals surface area contributed by atoms with Gasteiger partial charge in [0.2, 0.25) is 0 Å². The highest BCUT2D eigenvalue weighted by molar-refractivity contribution is 6.15. The second-order valence-electron chi connectivity index (χ2n) is 21.4. The summed E-state index contributed by atoms with van der Waals surface area (Å²) < 4.78 is 13.7. The van der Waals surface area contributed by atoms with Crippen LogP contribution in [0.1, 0.15) is 95.9 Å². The molecule has 0 unspecified atom stereocenters. The molecule has 0 aliphatic heterocycles. The topological polar surface area (TPSA) is 29.5 Å². The largest absolute Gasteiger partial charge is 0.456 e. The number of hydrogen-bond acceptors (Lipinski definition) is 3. The van der Waals surface area contributed by atoms with Crippen molar-refractivity contribution in [3.8, 4) is 11.1 Å². The minimum absolute atomic E-state index is 0.0294. The first-order chi connectivity index (χ1) is 29.4. The van der Waals surface area contributed by atoms with Crippen LogP contribution in [0.2, 0.25) is 0 Å². The molecule has 2 aromatic heterocycles. The summed E-state index contributed by atoms with van der Waals surface area (Å²) in [6, 6.07) is 48.3. The zero-order valence-corrected chi connectivity index (χ0v) is 36.2. The fourth-order valence-corrected chi connectivity index (χ4v) is 13.4. The lowest BCUT2D eigenvalue weighted by Gasteiger charge is -2.61. The molecule has 2 heterocycles. The minimum atomic E-state index is -0.0703. The monoisotopic (exact) mass is 795 g/mol. The summed E-state index contributed by atoms with van der Waals surface area (Å²) in [5.74, 6) is 3.10. The van der Waals surface area contributed by atoms with Crippen LogP contribution in [0, 0.1) is 23.7 Å². The van der Waals surface area contributed by atoms with Crippen LogP contribution in [0.4, 0.5) is 17.1 Å². The molecule has 0 saturated heterocycles. The predicted octanol–water partition coefficient (Wildman–Crippen LogP) is 16.4. The van der Waals surface area contributed by atoms with E-state index in [0.717, 1.165) is 67.1 Å². The average molecular weight is 796 g/mol. The van der Waals surface area contributed by atoms with Crippen LogP contribution in [-0.4, -0.2) is 0 Å². The molecule has 4 saturated carbocycles. The molecule has 1 spiro atoms. The van der Waals surface area contributed by atoms with Crippen molar-refractivity contribution in [2.45, 2.75) is 89.9 Å². The fraction of sp³-hybridized carbons (Fsp3) is 0.310. The van der Waals surface area contributed by atoms with Gasteiger partial charge in [-0.2, -0.15) is 0 Å². The Balaban J connectivity index is 1.07. The summed E-state index contributed by atoms with van der Waals surface area (Å²) in [5.41, 5.74) is 15.9. The molecular weight excluding hydrogens is 743 g/mol. The van der Waals surface area contributed by atoms with Crippen molar-refractivity contribution in [1.82, 2.24) is 0 Å². The molecule has 0 atom stereocenters. The third kappa shape index (κ3) is 4.98. The molecule has 0 amide bonds. The van der Waals surface area contributed by atoms with Crippen molar-refractivity contribution in [3.63, 3.8) is 0 Å². The van der Waals surface area contributed by atoms with Gasteiger partial charge >= 0.3 is 0 Å². The van der Waals surface area contributed by atoms with Crippen LogP contribution >= 0.6 is 0 Å². The maximum absolute atomic E-state index is 6.88. The van der Waals surface area contributed by atoms with Gasteiger partial charge in [-0.25, -0.2) is 0 Å². The number of nitrogens with zero attached hydrogens (tertiary/aromatic N) is 1. The van der Waals surface area contributed by atoms with Crippen LogP contribution in [0.15, 0.2) is 136 Å². The van der Waals surface area contributed by atoms with E-state index in [9.17, 15) is 0 Å². The summed E-state index contributed by atoms with van der Waals surface area (Å²) in [5, 5.41) is 7.00. The lowest BCUT2D eigenvalue weighted by molar-refractivity contribution is -0.0399. The standard InChI is InChI=1S/C58H53NO2/c1-56(2,3)37-17-20-42-43-21-18-40(31-49(43)58(48(42)30-37)38-24-33-23-34(26-38)27-39(58)25-33)59(50-15-10-16-51-54(50)45-13-9-14-47(55(45)61-51)57(4,5)6)41-19-22-44-46-28-35-11-7-8-12-36(35)29-52(46)60-53(44)32-41/h7-22,28-34,38-39H,23-27H2,1-6H3. The Labute approximate surface area is 358 Å². The molecule has 61 heavy (non-hydrogen) atoms. The van der Waals surface area contributed by atoms with Crippen molar-refractivity contribution >= 4 is 71.7 Å². The van der Waals surface area contributed by atoms with Crippen molar-refractivity contribution in [3.05, 3.63) is 150 Å². The Morgan fingerprint density at radius 1 is 0.508 bits per heavy atom. The van der Waals surface area contributed by atoms with Crippen molar-refractivity contribution < 1.29 is 8.83 Å². The highest BCUT2D eigenvalue weighted by atomic mass is 16.3. The van der Waals surface area contributed by atoms with E-state index in [0.29, 0.717) is 11.8 Å². The zero-order valence-electron chi connectivity index (χ0n) is 36.2. The molecule has 4 fully saturated rings. The highest BCUT2D eigenvalue weighted by Gasteiger charge is 2.61. The summed E-state index contributed by atoms with van der Waals surface area (Å²) in [4.78, 5) is 2.51. The van der Waals surface area contributed by atoms with Crippen LogP contribution < -0.4 is 4.90 Å². The molecule has 0 N–H and O–H groups in total. The lowest BCUT2D eigenvalue weighted by atomic mass is 9.43. The molecule has 5 aliphatic rings. The highest BCUT2D eigenvalue weighted by Crippen LogP contribution is 2.70. The average Bonchev–Trinajstić information content (AvgIpc) is 3.88. The molecule has 3 heteroatoms. The number of fused-ring (bicyclic) bond motifs is 10. The summed E-state index contributed by atoms with van der Waals surface area (Å²) in [6.07, 6.45) is 6.86. The summed E-state index contributed by atoms with van der Waals surface area (Å²) in [7, 11) is 0. The van der Waals surface area contributed by atoms with Gasteiger partial charge in [-0.05, 0) is 154 Å². The molecule has 14 rings (SSSR count). The first kappa shape index (κ1) is 35.9. The first-order valence-electron chi connectivity index (χ1n) is 22.8. The number of anilines is 3. The second-order valence-corrected chi connectivity index (χ2v) is 21.4. The van der Waals surface area contributed by atoms with E-state index in [4.69, 9.17) is 8.83 Å². The number of benzene rings is 7. The van der Waals surface area contributed by atoms with Crippen molar-refractivity contribution in [1.29, 1.82) is 0 Å². The van der Waals surface area contributed by atoms with E-state index >= 15 is 0 Å². The van der Waals surface area contributed by atoms with E-state index in [-0.39, 0.29) is 16.2 Å². The Bertz CT molecular complexity index is 3280. The van der Waals surface area contributed by atoms with Gasteiger partial charge in [-0.3, -0.25) is 0 Å². The Morgan fingerprint density at radius 3 is 1.90 bits per heavy atom. The third-order valence-corrected chi connectivity index (χ3v) is 15.9. The van der Waals surface area contributed by atoms with Crippen molar-refractivity contribution in [2.24, 2.45) is 23.7 Å². The minimum Gasteiger partial charge on any atom is -0.456 e. The molecule has 0 radical (unpaired) electrons. The van der Waals surface area contributed by atoms with Gasteiger partial charge in [0, 0.05) is 44.6 Å². The third-order valence-electron chi connectivity index (χ3n) is 15.9. The van der Waals surface area contributed by atoms with E-state index < -0.39 is 0 Å². The molecule has 5 aliphatic carbocycles. The van der Waals surface area contributed by atoms with Crippen LogP contribution in [0.5, 0.6) is 0 Å². The molecule has 3 nitrogen and oxygen atoms in total. The number of furan rings is 2. The predicted molar refractivity (Wildman–Crippen MR) is 254 cm³/mol. The van der Waals surface area contributed by atoms with Crippen LogP contribution in [0.3, 0.4) is 0 Å². The zero-order chi connectivity index (χ0) is 41.2. The number of rotatable bonds is 3. The molecule has 7 aromatic carbocycles. The molecule has 9 aromatic rings. The Hall–Kier alpha value is -5.80. The smallest absolute Gasteiger partial charge is 0.139 e. The summed E-state index contributed by atoms with van der Waals surface area (Å²) in [6.45, 7) is 14.0. The van der Waals surface area contributed by atoms with Crippen LogP contribution in [-0.2, 0) is 16.2 Å². The molecule has 4 bridgehead atoms. The normalized spacial score (nSPS) is 23.0. The summed E-state index contributed by atoms with van der Waals surface area (Å²) >= 11 is 0. The quantitative estimate of drug-likeness (QED) is 0.178. The Morgan fingerprint density at radius 2 is 1.16 bits per heavy atom. The first-order valence-corrected chi connectivity index (χ1v) is 22.8. The van der Waals surface area contributed by atoms with Gasteiger partial charge in [0.05, 0.1) is 11.1 Å². The van der Waals surface area contributed by atoms with Gasteiger partial charge in [-0.15, -0.1) is 0 Å². The van der Waals surface area contributed by atoms with Gasteiger partial charge < -0.3 is 13.7 Å². The second kappa shape index (κ2) is 12.2. The Kier molecular flexibility index (Phi) is 7.17. The fourth-order valence-electron chi connectivity index (χ4n) is 13.4. The van der Waals surface area contributed by atoms with Gasteiger partial charge in [0.1, 0.15) is 22.3 Å². The SMILES string of the molecule is CC(C)(C)c1ccc2c(c1)C1(c3cc(N(c4ccc5c(c4)oc4cc6ccccc6cc45)c4cccc5oc6c(C(C)(C)C)cccc6c45)ccc3-2)C2CC3CC(C2)CC1C3. The van der Waals surface area contributed by atoms with Crippen LogP contribution in [0.25, 0.3) is 65.8 Å². The van der Waals surface area contributed by atoms with Gasteiger partial charge in [0.15, 0.2) is 0 Å². The van der Waals surface area contributed by atoms with E-state index in [2.05, 4.69) is 174 Å². The van der Waals surface area contributed by atoms with E-state index in [1.807, 2.05) is 0 Å². The van der Waals surface area contributed by atoms with E-state index in [1.54, 1.807) is 11.1 Å². The molecule has 302 valence electrons. The van der Waals surface area contributed by atoms with Gasteiger partial charge in [-0.1, -0.05) is 114 Å². The number of para-hydroxylation sites is 1. The van der Waals surface area contributed by atoms with E-state index in [1.165, 1.54) is 70.8 Å². The maximum atomic E-state index is 6.88. The lowest BCUT2D eigenvalue weighted by Crippen LogP contribution is -2.55. The van der Waals surface area contributed by atoms with Gasteiger partial charge in [0.25, 0.3) is 0 Å². The van der Waals surface area contributed by atoms with Crippen molar-refractivity contribution in [2.75, 3.05) is 4.90 Å².